The Labute approximate surface area is 144 Å². The average Bonchev–Trinajstić information content (AvgIpc) is 3.05. The molecule has 0 fully saturated rings. The highest BCUT2D eigenvalue weighted by Gasteiger charge is 2.05. The van der Waals surface area contributed by atoms with E-state index in [1.54, 1.807) is 30.6 Å². The number of halogens is 1. The van der Waals surface area contributed by atoms with Gasteiger partial charge in [-0.1, -0.05) is 6.92 Å². The van der Waals surface area contributed by atoms with Gasteiger partial charge in [-0.05, 0) is 30.8 Å². The van der Waals surface area contributed by atoms with Crippen LogP contribution in [0.4, 0.5) is 16.0 Å². The molecule has 0 amide bonds. The Kier molecular flexibility index (Phi) is 5.53. The summed E-state index contributed by atoms with van der Waals surface area (Å²) in [4.78, 5) is 8.45. The Morgan fingerprint density at radius 2 is 2.04 bits per heavy atom. The van der Waals surface area contributed by atoms with Gasteiger partial charge in [0.25, 0.3) is 0 Å². The Morgan fingerprint density at radius 3 is 2.84 bits per heavy atom. The molecule has 3 aromatic rings. The summed E-state index contributed by atoms with van der Waals surface area (Å²) in [6.07, 6.45) is 5.18. The number of aromatic nitrogens is 4. The van der Waals surface area contributed by atoms with Crippen molar-refractivity contribution in [3.05, 3.63) is 54.7 Å². The van der Waals surface area contributed by atoms with Gasteiger partial charge in [0.2, 0.25) is 11.8 Å². The van der Waals surface area contributed by atoms with Gasteiger partial charge in [-0.25, -0.2) is 9.37 Å². The molecule has 25 heavy (non-hydrogen) atoms. The lowest BCUT2D eigenvalue weighted by atomic mass is 10.3. The van der Waals surface area contributed by atoms with Crippen LogP contribution in [-0.4, -0.2) is 32.8 Å². The first kappa shape index (κ1) is 16.8. The van der Waals surface area contributed by atoms with Crippen molar-refractivity contribution in [3.8, 4) is 11.6 Å². The van der Waals surface area contributed by atoms with E-state index in [1.165, 1.54) is 12.1 Å². The number of likely N-dealkylation sites (N-methyl/N-ethyl adjacent to an activating group) is 1. The molecule has 0 aliphatic carbocycles. The smallest absolute Gasteiger partial charge is 0.230 e. The number of hydrogen-bond acceptors (Lipinski definition) is 6. The predicted octanol–water partition coefficient (Wildman–Crippen LogP) is 2.96. The van der Waals surface area contributed by atoms with Crippen molar-refractivity contribution in [2.75, 3.05) is 18.4 Å². The van der Waals surface area contributed by atoms with Crippen molar-refractivity contribution in [1.29, 1.82) is 0 Å². The number of hydrogen-bond donors (Lipinski definition) is 2. The van der Waals surface area contributed by atoms with Crippen molar-refractivity contribution in [2.24, 2.45) is 0 Å². The number of rotatable bonds is 8. The minimum absolute atomic E-state index is 0.316. The standard InChI is InChI=1S/C17H19FN6O/c1-2-19-9-10-24-12-14(11-21-24)22-17-20-8-7-16(23-17)25-15-5-3-13(18)4-6-15/h3-8,11-12,19H,2,9-10H2,1H3,(H,20,22,23). The maximum atomic E-state index is 12.9. The van der Waals surface area contributed by atoms with Crippen molar-refractivity contribution >= 4 is 11.6 Å². The van der Waals surface area contributed by atoms with Gasteiger partial charge in [-0.2, -0.15) is 10.1 Å². The monoisotopic (exact) mass is 342 g/mol. The Morgan fingerprint density at radius 1 is 1.20 bits per heavy atom. The van der Waals surface area contributed by atoms with Gasteiger partial charge in [0.1, 0.15) is 11.6 Å². The molecule has 0 atom stereocenters. The molecule has 2 aromatic heterocycles. The van der Waals surface area contributed by atoms with Crippen LogP contribution in [0.25, 0.3) is 0 Å². The quantitative estimate of drug-likeness (QED) is 0.613. The van der Waals surface area contributed by atoms with Gasteiger partial charge in [0, 0.05) is 25.0 Å². The summed E-state index contributed by atoms with van der Waals surface area (Å²) in [6.45, 7) is 4.63. The fourth-order valence-electron chi connectivity index (χ4n) is 2.13. The van der Waals surface area contributed by atoms with Crippen LogP contribution in [0.2, 0.25) is 0 Å². The van der Waals surface area contributed by atoms with Crippen LogP contribution in [0.15, 0.2) is 48.9 Å². The number of ether oxygens (including phenoxy) is 1. The molecule has 0 saturated heterocycles. The molecule has 0 bridgehead atoms. The van der Waals surface area contributed by atoms with Gasteiger partial charge in [0.05, 0.1) is 18.4 Å². The van der Waals surface area contributed by atoms with Crippen molar-refractivity contribution in [2.45, 2.75) is 13.5 Å². The van der Waals surface area contributed by atoms with Gasteiger partial charge in [0.15, 0.2) is 0 Å². The molecular weight excluding hydrogens is 323 g/mol. The lowest BCUT2D eigenvalue weighted by Gasteiger charge is -2.06. The highest BCUT2D eigenvalue weighted by Crippen LogP contribution is 2.21. The zero-order chi connectivity index (χ0) is 17.5. The second-order valence-corrected chi connectivity index (χ2v) is 5.25. The summed E-state index contributed by atoms with van der Waals surface area (Å²) in [7, 11) is 0. The topological polar surface area (TPSA) is 76.9 Å². The third kappa shape index (κ3) is 4.98. The first-order valence-corrected chi connectivity index (χ1v) is 7.99. The van der Waals surface area contributed by atoms with Crippen LogP contribution in [-0.2, 0) is 6.54 Å². The third-order valence-corrected chi connectivity index (χ3v) is 3.32. The minimum atomic E-state index is -0.316. The molecule has 8 heteroatoms. The number of benzene rings is 1. The SMILES string of the molecule is CCNCCn1cc(Nc2nccc(Oc3ccc(F)cc3)n2)cn1. The van der Waals surface area contributed by atoms with Crippen molar-refractivity contribution < 1.29 is 9.13 Å². The predicted molar refractivity (Wildman–Crippen MR) is 92.6 cm³/mol. The molecule has 0 aliphatic rings. The Hall–Kier alpha value is -3.00. The summed E-state index contributed by atoms with van der Waals surface area (Å²) in [6, 6.07) is 7.38. The molecule has 2 N–H and O–H groups in total. The van der Waals surface area contributed by atoms with Crippen LogP contribution in [0.5, 0.6) is 11.6 Å². The minimum Gasteiger partial charge on any atom is -0.439 e. The maximum Gasteiger partial charge on any atom is 0.230 e. The Bertz CT molecular complexity index is 805. The molecule has 7 nitrogen and oxygen atoms in total. The molecule has 0 unspecified atom stereocenters. The van der Waals surface area contributed by atoms with Crippen LogP contribution in [0.1, 0.15) is 6.92 Å². The maximum absolute atomic E-state index is 12.9. The zero-order valence-electron chi connectivity index (χ0n) is 13.8. The van der Waals surface area contributed by atoms with Crippen LogP contribution < -0.4 is 15.4 Å². The van der Waals surface area contributed by atoms with E-state index in [-0.39, 0.29) is 5.82 Å². The van der Waals surface area contributed by atoms with E-state index in [2.05, 4.69) is 32.6 Å². The lowest BCUT2D eigenvalue weighted by Crippen LogP contribution is -2.19. The van der Waals surface area contributed by atoms with E-state index < -0.39 is 0 Å². The summed E-state index contributed by atoms with van der Waals surface area (Å²) in [5.41, 5.74) is 0.787. The van der Waals surface area contributed by atoms with E-state index >= 15 is 0 Å². The highest BCUT2D eigenvalue weighted by molar-refractivity contribution is 5.50. The van der Waals surface area contributed by atoms with Crippen LogP contribution in [0.3, 0.4) is 0 Å². The van der Waals surface area contributed by atoms with E-state index in [0.29, 0.717) is 17.6 Å². The number of anilines is 2. The third-order valence-electron chi connectivity index (χ3n) is 3.32. The summed E-state index contributed by atoms with van der Waals surface area (Å²) in [5.74, 6) is 0.945. The molecule has 1 aromatic carbocycles. The van der Waals surface area contributed by atoms with Crippen LogP contribution in [0, 0.1) is 5.82 Å². The summed E-state index contributed by atoms with van der Waals surface area (Å²) < 4.78 is 20.4. The second-order valence-electron chi connectivity index (χ2n) is 5.25. The molecule has 130 valence electrons. The molecule has 2 heterocycles. The first-order valence-electron chi connectivity index (χ1n) is 7.99. The zero-order valence-corrected chi connectivity index (χ0v) is 13.8. The van der Waals surface area contributed by atoms with E-state index in [9.17, 15) is 4.39 Å². The summed E-state index contributed by atoms with van der Waals surface area (Å²) in [5, 5.41) is 10.6. The van der Waals surface area contributed by atoms with Gasteiger partial charge >= 0.3 is 0 Å². The first-order chi connectivity index (χ1) is 12.2. The molecular formula is C17H19FN6O. The fourth-order valence-corrected chi connectivity index (χ4v) is 2.13. The molecule has 3 rings (SSSR count). The van der Waals surface area contributed by atoms with Gasteiger partial charge < -0.3 is 15.4 Å². The number of nitrogens with zero attached hydrogens (tertiary/aromatic N) is 4. The van der Waals surface area contributed by atoms with E-state index in [0.717, 1.165) is 25.3 Å². The second kappa shape index (κ2) is 8.20. The highest BCUT2D eigenvalue weighted by atomic mass is 19.1. The van der Waals surface area contributed by atoms with Crippen molar-refractivity contribution in [1.82, 2.24) is 25.1 Å². The lowest BCUT2D eigenvalue weighted by molar-refractivity contribution is 0.461. The molecule has 0 spiro atoms. The van der Waals surface area contributed by atoms with Gasteiger partial charge in [-0.3, -0.25) is 4.68 Å². The summed E-state index contributed by atoms with van der Waals surface area (Å²) >= 11 is 0. The van der Waals surface area contributed by atoms with Crippen LogP contribution >= 0.6 is 0 Å². The molecule has 0 aliphatic heterocycles. The van der Waals surface area contributed by atoms with E-state index in [1.807, 2.05) is 10.9 Å². The largest absolute Gasteiger partial charge is 0.439 e. The van der Waals surface area contributed by atoms with Crippen molar-refractivity contribution in [3.63, 3.8) is 0 Å². The Balaban J connectivity index is 1.62. The number of nitrogens with one attached hydrogen (secondary N) is 2. The molecule has 0 radical (unpaired) electrons. The molecule has 0 saturated carbocycles. The fraction of sp³-hybridized carbons (Fsp3) is 0.235. The van der Waals surface area contributed by atoms with Gasteiger partial charge in [-0.15, -0.1) is 0 Å². The average molecular weight is 342 g/mol. The van der Waals surface area contributed by atoms with E-state index in [4.69, 9.17) is 4.74 Å². The normalized spacial score (nSPS) is 10.6.